The second-order valence-corrected chi connectivity index (χ2v) is 5.04. The number of fused-ring (bicyclic) bond motifs is 1. The van der Waals surface area contributed by atoms with Crippen LogP contribution in [-0.4, -0.2) is 5.75 Å². The van der Waals surface area contributed by atoms with Gasteiger partial charge in [0.05, 0.1) is 0 Å². The minimum absolute atomic E-state index is 0.930. The molecule has 1 heteroatoms. The van der Waals surface area contributed by atoms with E-state index >= 15 is 0 Å². The van der Waals surface area contributed by atoms with Crippen LogP contribution in [0.1, 0.15) is 36.8 Å². The standard InChI is InChI=1S/C14H20S/c15-10-4-3-5-12-8-9-13-6-1-2-7-14(13)11-12/h1-2,6-7,12,15H,3-5,8-11H2. The predicted octanol–water partition coefficient (Wildman–Crippen LogP) is 3.89. The van der Waals surface area contributed by atoms with E-state index < -0.39 is 0 Å². The fraction of sp³-hybridized carbons (Fsp3) is 0.571. The second kappa shape index (κ2) is 5.60. The van der Waals surface area contributed by atoms with E-state index in [-0.39, 0.29) is 0 Å². The zero-order valence-electron chi connectivity index (χ0n) is 9.28. The summed E-state index contributed by atoms with van der Waals surface area (Å²) in [5.41, 5.74) is 3.18. The van der Waals surface area contributed by atoms with E-state index in [2.05, 4.69) is 36.9 Å². The third kappa shape index (κ3) is 3.01. The molecule has 1 aromatic carbocycles. The van der Waals surface area contributed by atoms with Crippen molar-refractivity contribution in [2.24, 2.45) is 5.92 Å². The second-order valence-electron chi connectivity index (χ2n) is 4.60. The average Bonchev–Trinajstić information content (AvgIpc) is 2.29. The Labute approximate surface area is 98.5 Å². The van der Waals surface area contributed by atoms with Crippen molar-refractivity contribution in [3.63, 3.8) is 0 Å². The van der Waals surface area contributed by atoms with Gasteiger partial charge in [0.1, 0.15) is 0 Å². The molecular formula is C14H20S. The summed E-state index contributed by atoms with van der Waals surface area (Å²) in [7, 11) is 0. The summed E-state index contributed by atoms with van der Waals surface area (Å²) in [6.07, 6.45) is 8.03. The van der Waals surface area contributed by atoms with Crippen LogP contribution in [0.5, 0.6) is 0 Å². The number of thiol groups is 1. The highest BCUT2D eigenvalue weighted by atomic mass is 32.1. The van der Waals surface area contributed by atoms with Crippen LogP contribution in [-0.2, 0) is 12.8 Å². The van der Waals surface area contributed by atoms with Gasteiger partial charge in [0.25, 0.3) is 0 Å². The Hall–Kier alpha value is -0.430. The lowest BCUT2D eigenvalue weighted by Gasteiger charge is -2.24. The Morgan fingerprint density at radius 3 is 2.73 bits per heavy atom. The third-order valence-corrected chi connectivity index (χ3v) is 3.79. The fourth-order valence-electron chi connectivity index (χ4n) is 2.56. The van der Waals surface area contributed by atoms with Gasteiger partial charge in [-0.2, -0.15) is 12.6 Å². The molecule has 82 valence electrons. The largest absolute Gasteiger partial charge is 0.179 e. The first-order valence-electron chi connectivity index (χ1n) is 6.08. The first kappa shape index (κ1) is 11.1. The Bertz CT molecular complexity index is 306. The molecule has 0 N–H and O–H groups in total. The Kier molecular flexibility index (Phi) is 4.13. The van der Waals surface area contributed by atoms with Gasteiger partial charge in [-0.05, 0) is 48.5 Å². The van der Waals surface area contributed by atoms with E-state index in [9.17, 15) is 0 Å². The van der Waals surface area contributed by atoms with Crippen LogP contribution in [0.3, 0.4) is 0 Å². The van der Waals surface area contributed by atoms with Gasteiger partial charge in [-0.15, -0.1) is 0 Å². The molecule has 1 aliphatic rings. The van der Waals surface area contributed by atoms with Gasteiger partial charge in [-0.3, -0.25) is 0 Å². The molecule has 0 radical (unpaired) electrons. The molecule has 0 fully saturated rings. The molecule has 0 aromatic heterocycles. The van der Waals surface area contributed by atoms with Crippen LogP contribution in [0.2, 0.25) is 0 Å². The molecule has 0 heterocycles. The summed E-state index contributed by atoms with van der Waals surface area (Å²) >= 11 is 4.26. The highest BCUT2D eigenvalue weighted by Gasteiger charge is 2.17. The number of aryl methyl sites for hydroxylation is 1. The van der Waals surface area contributed by atoms with Gasteiger partial charge in [0.2, 0.25) is 0 Å². The van der Waals surface area contributed by atoms with Crippen molar-refractivity contribution in [1.29, 1.82) is 0 Å². The van der Waals surface area contributed by atoms with E-state index in [0.717, 1.165) is 11.7 Å². The SMILES string of the molecule is SCCCCC1CCc2ccccc2C1. The van der Waals surface area contributed by atoms with Gasteiger partial charge < -0.3 is 0 Å². The molecule has 0 aliphatic heterocycles. The average molecular weight is 220 g/mol. The van der Waals surface area contributed by atoms with Gasteiger partial charge in [0, 0.05) is 0 Å². The van der Waals surface area contributed by atoms with Crippen LogP contribution >= 0.6 is 12.6 Å². The summed E-state index contributed by atoms with van der Waals surface area (Å²) in [5.74, 6) is 1.98. The molecule has 0 amide bonds. The summed E-state index contributed by atoms with van der Waals surface area (Å²) in [6.45, 7) is 0. The van der Waals surface area contributed by atoms with Crippen LogP contribution in [0.4, 0.5) is 0 Å². The lowest BCUT2D eigenvalue weighted by Crippen LogP contribution is -2.14. The molecule has 15 heavy (non-hydrogen) atoms. The number of unbranched alkanes of at least 4 members (excludes halogenated alkanes) is 1. The van der Waals surface area contributed by atoms with Crippen LogP contribution < -0.4 is 0 Å². The van der Waals surface area contributed by atoms with Crippen molar-refractivity contribution in [2.75, 3.05) is 5.75 Å². The number of rotatable bonds is 4. The maximum Gasteiger partial charge on any atom is -0.00979 e. The zero-order chi connectivity index (χ0) is 10.5. The summed E-state index contributed by atoms with van der Waals surface area (Å²) in [4.78, 5) is 0. The zero-order valence-corrected chi connectivity index (χ0v) is 10.2. The Morgan fingerprint density at radius 2 is 1.93 bits per heavy atom. The molecule has 1 aromatic rings. The quantitative estimate of drug-likeness (QED) is 0.577. The van der Waals surface area contributed by atoms with E-state index in [1.54, 1.807) is 11.1 Å². The van der Waals surface area contributed by atoms with Crippen LogP contribution in [0.25, 0.3) is 0 Å². The summed E-state index contributed by atoms with van der Waals surface area (Å²) in [5, 5.41) is 0. The van der Waals surface area contributed by atoms with Crippen molar-refractivity contribution < 1.29 is 0 Å². The van der Waals surface area contributed by atoms with E-state index in [1.807, 2.05) is 0 Å². The minimum atomic E-state index is 0.930. The molecular weight excluding hydrogens is 200 g/mol. The van der Waals surface area contributed by atoms with Crippen molar-refractivity contribution in [3.05, 3.63) is 35.4 Å². The molecule has 0 saturated carbocycles. The molecule has 0 bridgehead atoms. The van der Waals surface area contributed by atoms with E-state index in [0.29, 0.717) is 0 Å². The Balaban J connectivity index is 1.88. The third-order valence-electron chi connectivity index (χ3n) is 3.47. The maximum absolute atomic E-state index is 4.26. The van der Waals surface area contributed by atoms with E-state index in [1.165, 1.54) is 38.5 Å². The van der Waals surface area contributed by atoms with Gasteiger partial charge in [-0.25, -0.2) is 0 Å². The molecule has 0 spiro atoms. The predicted molar refractivity (Wildman–Crippen MR) is 69.7 cm³/mol. The van der Waals surface area contributed by atoms with Gasteiger partial charge in [-0.1, -0.05) is 37.1 Å². The Morgan fingerprint density at radius 1 is 1.13 bits per heavy atom. The number of hydrogen-bond acceptors (Lipinski definition) is 1. The topological polar surface area (TPSA) is 0 Å². The van der Waals surface area contributed by atoms with Crippen LogP contribution in [0, 0.1) is 5.92 Å². The lowest BCUT2D eigenvalue weighted by atomic mass is 9.81. The molecule has 1 aliphatic carbocycles. The molecule has 1 unspecified atom stereocenters. The highest BCUT2D eigenvalue weighted by molar-refractivity contribution is 7.80. The summed E-state index contributed by atoms with van der Waals surface area (Å²) < 4.78 is 0. The van der Waals surface area contributed by atoms with E-state index in [4.69, 9.17) is 0 Å². The monoisotopic (exact) mass is 220 g/mol. The van der Waals surface area contributed by atoms with Gasteiger partial charge in [0.15, 0.2) is 0 Å². The van der Waals surface area contributed by atoms with Crippen LogP contribution in [0.15, 0.2) is 24.3 Å². The minimum Gasteiger partial charge on any atom is -0.179 e. The first-order chi connectivity index (χ1) is 7.40. The van der Waals surface area contributed by atoms with Crippen molar-refractivity contribution >= 4 is 12.6 Å². The number of hydrogen-bond donors (Lipinski definition) is 1. The lowest BCUT2D eigenvalue weighted by molar-refractivity contribution is 0.413. The smallest absolute Gasteiger partial charge is 0.00979 e. The first-order valence-corrected chi connectivity index (χ1v) is 6.71. The molecule has 1 atom stereocenters. The van der Waals surface area contributed by atoms with Gasteiger partial charge >= 0.3 is 0 Å². The summed E-state index contributed by atoms with van der Waals surface area (Å²) in [6, 6.07) is 8.94. The van der Waals surface area contributed by atoms with Crippen molar-refractivity contribution in [3.8, 4) is 0 Å². The van der Waals surface area contributed by atoms with Crippen molar-refractivity contribution in [2.45, 2.75) is 38.5 Å². The highest BCUT2D eigenvalue weighted by Crippen LogP contribution is 2.28. The molecule has 2 rings (SSSR count). The number of benzene rings is 1. The fourth-order valence-corrected chi connectivity index (χ4v) is 2.79. The normalized spacial score (nSPS) is 19.9. The maximum atomic E-state index is 4.26. The van der Waals surface area contributed by atoms with Crippen molar-refractivity contribution in [1.82, 2.24) is 0 Å². The molecule has 0 nitrogen and oxygen atoms in total. The molecule has 0 saturated heterocycles.